The van der Waals surface area contributed by atoms with Crippen LogP contribution in [0.2, 0.25) is 0 Å². The van der Waals surface area contributed by atoms with Crippen molar-refractivity contribution in [3.05, 3.63) is 58.5 Å². The van der Waals surface area contributed by atoms with E-state index in [1.165, 1.54) is 11.3 Å². The molecule has 0 fully saturated rings. The molecule has 1 aromatic carbocycles. The number of hydrogen-bond acceptors (Lipinski definition) is 5. The second-order valence-corrected chi connectivity index (χ2v) is 10.0. The monoisotopic (exact) mass is 414 g/mol. The zero-order valence-electron chi connectivity index (χ0n) is 16.0. The van der Waals surface area contributed by atoms with Gasteiger partial charge in [0, 0.05) is 22.8 Å². The fourth-order valence-electron chi connectivity index (χ4n) is 3.08. The summed E-state index contributed by atoms with van der Waals surface area (Å²) in [6.07, 6.45) is 4.35. The van der Waals surface area contributed by atoms with Crippen LogP contribution in [-0.4, -0.2) is 18.0 Å². The topological polar surface area (TPSA) is 102 Å². The summed E-state index contributed by atoms with van der Waals surface area (Å²) in [5.74, 6) is 1.26. The molecule has 8 heteroatoms. The van der Waals surface area contributed by atoms with Gasteiger partial charge in [-0.2, -0.15) is 5.26 Å². The zero-order valence-corrected chi connectivity index (χ0v) is 17.6. The zero-order chi connectivity index (χ0) is 20.5. The maximum atomic E-state index is 12.1. The second kappa shape index (κ2) is 7.87. The van der Waals surface area contributed by atoms with Crippen molar-refractivity contribution in [1.29, 1.82) is 5.26 Å². The standard InChI is InChI=1S/C20H22N4O2S2/c1-13(2)8-18-10-19(20(27-18)28(22,25)26)15-4-5-16(17(9-15)11-21)12-24-7-6-23-14(24)3/h4-7,9-10,13H,8,12H2,1-3H3,(H2,22,25,26). The molecule has 2 aromatic heterocycles. The first-order chi connectivity index (χ1) is 13.2. The average molecular weight is 415 g/mol. The number of aromatic nitrogens is 2. The van der Waals surface area contributed by atoms with E-state index in [0.29, 0.717) is 29.2 Å². The molecule has 0 bridgehead atoms. The predicted octanol–water partition coefficient (Wildman–Crippen LogP) is 3.69. The Bertz CT molecular complexity index is 1150. The lowest BCUT2D eigenvalue weighted by atomic mass is 10.0. The molecule has 2 N–H and O–H groups in total. The van der Waals surface area contributed by atoms with Crippen LogP contribution in [0.25, 0.3) is 11.1 Å². The van der Waals surface area contributed by atoms with Crippen molar-refractivity contribution in [2.45, 2.75) is 37.9 Å². The molecule has 0 aliphatic carbocycles. The van der Waals surface area contributed by atoms with Gasteiger partial charge in [-0.15, -0.1) is 11.3 Å². The number of hydrogen-bond donors (Lipinski definition) is 1. The van der Waals surface area contributed by atoms with Crippen LogP contribution in [0.4, 0.5) is 0 Å². The molecule has 0 amide bonds. The predicted molar refractivity (Wildman–Crippen MR) is 110 cm³/mol. The molecule has 0 spiro atoms. The van der Waals surface area contributed by atoms with Crippen LogP contribution in [0.1, 0.15) is 35.7 Å². The Hall–Kier alpha value is -2.47. The van der Waals surface area contributed by atoms with Crippen molar-refractivity contribution in [2.24, 2.45) is 11.1 Å². The minimum absolute atomic E-state index is 0.144. The summed E-state index contributed by atoms with van der Waals surface area (Å²) >= 11 is 1.20. The van der Waals surface area contributed by atoms with Gasteiger partial charge in [-0.05, 0) is 42.5 Å². The molecule has 0 aliphatic heterocycles. The maximum Gasteiger partial charge on any atom is 0.248 e. The van der Waals surface area contributed by atoms with E-state index in [0.717, 1.165) is 22.7 Å². The normalized spacial score (nSPS) is 11.7. The van der Waals surface area contributed by atoms with Crippen molar-refractivity contribution in [3.63, 3.8) is 0 Å². The van der Waals surface area contributed by atoms with Crippen LogP contribution in [-0.2, 0) is 23.0 Å². The number of primary sulfonamides is 1. The Labute approximate surface area is 169 Å². The van der Waals surface area contributed by atoms with Gasteiger partial charge in [0.2, 0.25) is 10.0 Å². The number of sulfonamides is 1. The first-order valence-corrected chi connectivity index (χ1v) is 11.2. The number of rotatable bonds is 6. The van der Waals surface area contributed by atoms with Gasteiger partial charge in [0.25, 0.3) is 0 Å². The van der Waals surface area contributed by atoms with Gasteiger partial charge < -0.3 is 4.57 Å². The number of aryl methyl sites for hydroxylation is 1. The third-order valence-corrected chi connectivity index (χ3v) is 7.06. The lowest BCUT2D eigenvalue weighted by Crippen LogP contribution is -2.11. The van der Waals surface area contributed by atoms with Gasteiger partial charge in [0.1, 0.15) is 10.0 Å². The molecular weight excluding hydrogens is 392 g/mol. The van der Waals surface area contributed by atoms with Gasteiger partial charge in [-0.25, -0.2) is 18.5 Å². The molecule has 0 aliphatic rings. The van der Waals surface area contributed by atoms with Crippen LogP contribution in [0, 0.1) is 24.2 Å². The van der Waals surface area contributed by atoms with Crippen molar-refractivity contribution >= 4 is 21.4 Å². The first kappa shape index (κ1) is 20.3. The van der Waals surface area contributed by atoms with Crippen LogP contribution < -0.4 is 5.14 Å². The van der Waals surface area contributed by atoms with Crippen LogP contribution >= 0.6 is 11.3 Å². The first-order valence-electron chi connectivity index (χ1n) is 8.85. The van der Waals surface area contributed by atoms with Crippen LogP contribution in [0.15, 0.2) is 40.9 Å². The summed E-state index contributed by atoms with van der Waals surface area (Å²) in [5, 5.41) is 15.1. The SMILES string of the molecule is Cc1nccn1Cc1ccc(-c2cc(CC(C)C)sc2S(N)(=O)=O)cc1C#N. The lowest BCUT2D eigenvalue weighted by molar-refractivity contribution is 0.600. The molecule has 3 rings (SSSR count). The molecule has 0 unspecified atom stereocenters. The fourth-order valence-corrected chi connectivity index (χ4v) is 5.47. The molecule has 0 saturated carbocycles. The third kappa shape index (κ3) is 4.33. The summed E-state index contributed by atoms with van der Waals surface area (Å²) in [4.78, 5) is 5.16. The van der Waals surface area contributed by atoms with Gasteiger partial charge in [0.15, 0.2) is 0 Å². The van der Waals surface area contributed by atoms with E-state index in [-0.39, 0.29) is 4.21 Å². The number of nitrogens with two attached hydrogens (primary N) is 1. The summed E-state index contributed by atoms with van der Waals surface area (Å²) in [6, 6.07) is 9.54. The quantitative estimate of drug-likeness (QED) is 0.664. The lowest BCUT2D eigenvalue weighted by Gasteiger charge is -2.09. The highest BCUT2D eigenvalue weighted by Gasteiger charge is 2.21. The van der Waals surface area contributed by atoms with Crippen molar-refractivity contribution in [2.75, 3.05) is 0 Å². The van der Waals surface area contributed by atoms with E-state index in [2.05, 4.69) is 24.9 Å². The molecule has 2 heterocycles. The number of imidazole rings is 1. The molecular formula is C20H22N4O2S2. The molecule has 146 valence electrons. The molecule has 0 atom stereocenters. The largest absolute Gasteiger partial charge is 0.331 e. The van der Waals surface area contributed by atoms with E-state index in [1.54, 1.807) is 12.3 Å². The number of nitriles is 1. The smallest absolute Gasteiger partial charge is 0.248 e. The van der Waals surface area contributed by atoms with Gasteiger partial charge in [-0.3, -0.25) is 0 Å². The highest BCUT2D eigenvalue weighted by atomic mass is 32.2. The Morgan fingerprint density at radius 3 is 2.64 bits per heavy atom. The van der Waals surface area contributed by atoms with Crippen molar-refractivity contribution in [1.82, 2.24) is 9.55 Å². The average Bonchev–Trinajstić information content (AvgIpc) is 3.21. The van der Waals surface area contributed by atoms with Gasteiger partial charge >= 0.3 is 0 Å². The Kier molecular flexibility index (Phi) is 5.70. The van der Waals surface area contributed by atoms with Crippen molar-refractivity contribution < 1.29 is 8.42 Å². The minimum atomic E-state index is -3.85. The van der Waals surface area contributed by atoms with Gasteiger partial charge in [-0.1, -0.05) is 26.0 Å². The van der Waals surface area contributed by atoms with E-state index in [9.17, 15) is 13.7 Å². The molecule has 3 aromatic rings. The Balaban J connectivity index is 2.06. The van der Waals surface area contributed by atoms with E-state index in [1.807, 2.05) is 35.9 Å². The molecule has 6 nitrogen and oxygen atoms in total. The molecule has 0 saturated heterocycles. The number of nitrogens with zero attached hydrogens (tertiary/aromatic N) is 3. The minimum Gasteiger partial charge on any atom is -0.331 e. The second-order valence-electron chi connectivity index (χ2n) is 7.14. The summed E-state index contributed by atoms with van der Waals surface area (Å²) in [5.41, 5.74) is 2.59. The summed E-state index contributed by atoms with van der Waals surface area (Å²) in [6.45, 7) is 6.59. The van der Waals surface area contributed by atoms with E-state index >= 15 is 0 Å². The van der Waals surface area contributed by atoms with E-state index < -0.39 is 10.0 Å². The summed E-state index contributed by atoms with van der Waals surface area (Å²) in [7, 11) is -3.85. The van der Waals surface area contributed by atoms with E-state index in [4.69, 9.17) is 5.14 Å². The highest BCUT2D eigenvalue weighted by molar-refractivity contribution is 7.91. The number of benzene rings is 1. The Morgan fingerprint density at radius 1 is 1.32 bits per heavy atom. The maximum absolute atomic E-state index is 12.1. The fraction of sp³-hybridized carbons (Fsp3) is 0.300. The summed E-state index contributed by atoms with van der Waals surface area (Å²) < 4.78 is 26.3. The number of thiophene rings is 1. The molecule has 0 radical (unpaired) electrons. The highest BCUT2D eigenvalue weighted by Crippen LogP contribution is 2.36. The van der Waals surface area contributed by atoms with Crippen LogP contribution in [0.3, 0.4) is 0 Å². The Morgan fingerprint density at radius 2 is 2.07 bits per heavy atom. The van der Waals surface area contributed by atoms with Crippen LogP contribution in [0.5, 0.6) is 0 Å². The van der Waals surface area contributed by atoms with Crippen molar-refractivity contribution in [3.8, 4) is 17.2 Å². The molecule has 28 heavy (non-hydrogen) atoms. The third-order valence-electron chi connectivity index (χ3n) is 4.42. The van der Waals surface area contributed by atoms with Gasteiger partial charge in [0.05, 0.1) is 18.2 Å².